The fourth-order valence-corrected chi connectivity index (χ4v) is 4.93. The molecule has 2 amide bonds. The SMILES string of the molecule is Cc1cccn2cc(CCN3C(=O)C(C(N)=O)C4CC3(C)Oc3ccccc34)nc12. The zero-order chi connectivity index (χ0) is 21.0. The normalized spacial score (nSPS) is 25.1. The van der Waals surface area contributed by atoms with Crippen molar-refractivity contribution in [3.05, 3.63) is 65.6 Å². The van der Waals surface area contributed by atoms with Gasteiger partial charge in [-0.05, 0) is 37.1 Å². The van der Waals surface area contributed by atoms with Gasteiger partial charge in [0.2, 0.25) is 11.8 Å². The number of carbonyl (C=O) groups is 2. The lowest BCUT2D eigenvalue weighted by Gasteiger charge is -2.52. The summed E-state index contributed by atoms with van der Waals surface area (Å²) >= 11 is 0. The number of carbonyl (C=O) groups excluding carboxylic acids is 2. The first-order chi connectivity index (χ1) is 14.4. The summed E-state index contributed by atoms with van der Waals surface area (Å²) in [5.41, 5.74) is 8.62. The third kappa shape index (κ3) is 2.76. The number of hydrogen-bond acceptors (Lipinski definition) is 4. The molecule has 1 saturated heterocycles. The first-order valence-electron chi connectivity index (χ1n) is 10.2. The van der Waals surface area contributed by atoms with Gasteiger partial charge in [-0.1, -0.05) is 24.3 Å². The maximum Gasteiger partial charge on any atom is 0.238 e. The second kappa shape index (κ2) is 6.58. The number of ether oxygens (including phenoxy) is 1. The number of primary amides is 1. The van der Waals surface area contributed by atoms with Gasteiger partial charge in [0.1, 0.15) is 17.3 Å². The molecule has 4 heterocycles. The standard InChI is InChI=1S/C23H24N4O3/c1-14-6-5-10-26-13-15(25-21(14)26)9-11-27-22(29)19(20(24)28)17-12-23(27,2)30-18-8-4-3-7-16(17)18/h3-8,10,13,17,19H,9,11-12H2,1-2H3,(H2,24,28). The molecule has 1 fully saturated rings. The molecular weight excluding hydrogens is 380 g/mol. The van der Waals surface area contributed by atoms with Gasteiger partial charge < -0.3 is 19.8 Å². The highest BCUT2D eigenvalue weighted by Gasteiger charge is 2.55. The molecule has 3 unspecified atom stereocenters. The first-order valence-corrected chi connectivity index (χ1v) is 10.2. The lowest BCUT2D eigenvalue weighted by molar-refractivity contribution is -0.175. The number of amides is 2. The Morgan fingerprint density at radius 3 is 2.87 bits per heavy atom. The van der Waals surface area contributed by atoms with Crippen molar-refractivity contribution in [2.75, 3.05) is 6.54 Å². The molecule has 0 spiro atoms. The largest absolute Gasteiger partial charge is 0.468 e. The van der Waals surface area contributed by atoms with Gasteiger partial charge in [0, 0.05) is 37.7 Å². The van der Waals surface area contributed by atoms with Crippen molar-refractivity contribution in [1.82, 2.24) is 14.3 Å². The van der Waals surface area contributed by atoms with E-state index in [0.717, 1.165) is 22.5 Å². The molecule has 0 aliphatic carbocycles. The maximum atomic E-state index is 13.4. The van der Waals surface area contributed by atoms with Gasteiger partial charge in [-0.2, -0.15) is 0 Å². The summed E-state index contributed by atoms with van der Waals surface area (Å²) < 4.78 is 8.28. The molecule has 30 heavy (non-hydrogen) atoms. The van der Waals surface area contributed by atoms with Crippen LogP contribution in [0.3, 0.4) is 0 Å². The minimum absolute atomic E-state index is 0.265. The van der Waals surface area contributed by atoms with E-state index in [1.807, 2.05) is 67.0 Å². The van der Waals surface area contributed by atoms with Crippen LogP contribution in [0.15, 0.2) is 48.8 Å². The second-order valence-corrected chi connectivity index (χ2v) is 8.40. The lowest BCUT2D eigenvalue weighted by Crippen LogP contribution is -2.64. The Kier molecular flexibility index (Phi) is 4.10. The summed E-state index contributed by atoms with van der Waals surface area (Å²) in [6.45, 7) is 4.34. The molecule has 7 nitrogen and oxygen atoms in total. The third-order valence-corrected chi connectivity index (χ3v) is 6.38. The molecular formula is C23H24N4O3. The van der Waals surface area contributed by atoms with E-state index in [4.69, 9.17) is 15.5 Å². The van der Waals surface area contributed by atoms with Gasteiger partial charge in [-0.25, -0.2) is 4.98 Å². The van der Waals surface area contributed by atoms with Crippen LogP contribution in [0.25, 0.3) is 5.65 Å². The number of aromatic nitrogens is 2. The fourth-order valence-electron chi connectivity index (χ4n) is 4.93. The van der Waals surface area contributed by atoms with Crippen LogP contribution in [0.4, 0.5) is 0 Å². The van der Waals surface area contributed by atoms with E-state index < -0.39 is 17.6 Å². The van der Waals surface area contributed by atoms with Crippen LogP contribution in [0.5, 0.6) is 5.75 Å². The zero-order valence-electron chi connectivity index (χ0n) is 17.0. The predicted molar refractivity (Wildman–Crippen MR) is 111 cm³/mol. The number of hydrogen-bond donors (Lipinski definition) is 1. The highest BCUT2D eigenvalue weighted by molar-refractivity contribution is 6.01. The fraction of sp³-hybridized carbons (Fsp3) is 0.348. The summed E-state index contributed by atoms with van der Waals surface area (Å²) in [6.07, 6.45) is 5.03. The molecule has 154 valence electrons. The van der Waals surface area contributed by atoms with Gasteiger partial charge in [0.15, 0.2) is 5.72 Å². The first kappa shape index (κ1) is 18.7. The number of nitrogens with zero attached hydrogens (tertiary/aromatic N) is 3. The molecule has 3 aromatic rings. The van der Waals surface area contributed by atoms with Crippen LogP contribution in [-0.4, -0.2) is 38.4 Å². The molecule has 2 aliphatic rings. The van der Waals surface area contributed by atoms with Crippen LogP contribution in [0, 0.1) is 12.8 Å². The number of nitrogens with two attached hydrogens (primary N) is 1. The van der Waals surface area contributed by atoms with Crippen molar-refractivity contribution in [2.24, 2.45) is 11.7 Å². The Labute approximate surface area is 174 Å². The van der Waals surface area contributed by atoms with E-state index in [2.05, 4.69) is 0 Å². The number of fused-ring (bicyclic) bond motifs is 5. The maximum absolute atomic E-state index is 13.4. The Morgan fingerprint density at radius 2 is 2.10 bits per heavy atom. The van der Waals surface area contributed by atoms with Crippen molar-refractivity contribution in [2.45, 2.75) is 38.3 Å². The summed E-state index contributed by atoms with van der Waals surface area (Å²) in [5, 5.41) is 0. The monoisotopic (exact) mass is 404 g/mol. The lowest BCUT2D eigenvalue weighted by atomic mass is 9.73. The van der Waals surface area contributed by atoms with E-state index in [1.54, 1.807) is 4.90 Å². The average Bonchev–Trinajstić information content (AvgIpc) is 3.11. The minimum Gasteiger partial charge on any atom is -0.468 e. The number of piperidine rings is 1. The van der Waals surface area contributed by atoms with Crippen LogP contribution in [0.1, 0.15) is 36.1 Å². The molecule has 2 aromatic heterocycles. The summed E-state index contributed by atoms with van der Waals surface area (Å²) in [4.78, 5) is 32.0. The number of para-hydroxylation sites is 1. The number of imidazole rings is 1. The second-order valence-electron chi connectivity index (χ2n) is 8.40. The average molecular weight is 404 g/mol. The molecule has 0 radical (unpaired) electrons. The van der Waals surface area contributed by atoms with Crippen molar-refractivity contribution < 1.29 is 14.3 Å². The molecule has 2 bridgehead atoms. The zero-order valence-corrected chi connectivity index (χ0v) is 17.0. The number of aryl methyl sites for hydroxylation is 1. The van der Waals surface area contributed by atoms with Crippen molar-refractivity contribution in [1.29, 1.82) is 0 Å². The van der Waals surface area contributed by atoms with Crippen LogP contribution in [0.2, 0.25) is 0 Å². The third-order valence-electron chi connectivity index (χ3n) is 6.38. The molecule has 1 aromatic carbocycles. The molecule has 0 saturated carbocycles. The van der Waals surface area contributed by atoms with E-state index in [-0.39, 0.29) is 11.8 Å². The highest BCUT2D eigenvalue weighted by atomic mass is 16.5. The van der Waals surface area contributed by atoms with Gasteiger partial charge >= 0.3 is 0 Å². The molecule has 2 aliphatic heterocycles. The number of rotatable bonds is 4. The molecule has 3 atom stereocenters. The molecule has 2 N–H and O–H groups in total. The topological polar surface area (TPSA) is 89.9 Å². The smallest absolute Gasteiger partial charge is 0.238 e. The Balaban J connectivity index is 1.47. The predicted octanol–water partition coefficient (Wildman–Crippen LogP) is 2.41. The van der Waals surface area contributed by atoms with Crippen molar-refractivity contribution in [3.63, 3.8) is 0 Å². The van der Waals surface area contributed by atoms with E-state index in [0.29, 0.717) is 25.1 Å². The van der Waals surface area contributed by atoms with Crippen molar-refractivity contribution >= 4 is 17.5 Å². The van der Waals surface area contributed by atoms with Gasteiger partial charge in [0.25, 0.3) is 0 Å². The number of benzene rings is 1. The van der Waals surface area contributed by atoms with Gasteiger partial charge in [-0.3, -0.25) is 9.59 Å². The minimum atomic E-state index is -0.883. The van der Waals surface area contributed by atoms with Crippen LogP contribution in [-0.2, 0) is 16.0 Å². The number of likely N-dealkylation sites (tertiary alicyclic amines) is 1. The highest BCUT2D eigenvalue weighted by Crippen LogP contribution is 2.49. The quantitative estimate of drug-likeness (QED) is 0.676. The number of pyridine rings is 1. The summed E-state index contributed by atoms with van der Waals surface area (Å²) in [7, 11) is 0. The Bertz CT molecular complexity index is 1170. The van der Waals surface area contributed by atoms with Gasteiger partial charge in [0.05, 0.1) is 5.69 Å². The van der Waals surface area contributed by atoms with E-state index >= 15 is 0 Å². The van der Waals surface area contributed by atoms with E-state index in [1.165, 1.54) is 0 Å². The van der Waals surface area contributed by atoms with Crippen LogP contribution >= 0.6 is 0 Å². The van der Waals surface area contributed by atoms with Crippen LogP contribution < -0.4 is 10.5 Å². The summed E-state index contributed by atoms with van der Waals surface area (Å²) in [6, 6.07) is 11.6. The molecule has 7 heteroatoms. The van der Waals surface area contributed by atoms with Crippen molar-refractivity contribution in [3.8, 4) is 5.75 Å². The summed E-state index contributed by atoms with van der Waals surface area (Å²) in [5.74, 6) is -1.29. The molecule has 5 rings (SSSR count). The Hall–Kier alpha value is -3.35. The van der Waals surface area contributed by atoms with E-state index in [9.17, 15) is 9.59 Å². The van der Waals surface area contributed by atoms with Gasteiger partial charge in [-0.15, -0.1) is 0 Å². The Morgan fingerprint density at radius 1 is 1.30 bits per heavy atom.